The third-order valence-corrected chi connectivity index (χ3v) is 1.98. The van der Waals surface area contributed by atoms with Crippen molar-refractivity contribution >= 4 is 0 Å². The molecule has 1 N–H and O–H groups in total. The highest BCUT2D eigenvalue weighted by Gasteiger charge is 2.09. The van der Waals surface area contributed by atoms with E-state index in [2.05, 4.69) is 6.92 Å². The topological polar surface area (TPSA) is 38.7 Å². The molecule has 15 heavy (non-hydrogen) atoms. The van der Waals surface area contributed by atoms with Crippen LogP contribution >= 0.6 is 0 Å². The van der Waals surface area contributed by atoms with Gasteiger partial charge in [-0.2, -0.15) is 0 Å². The molecule has 1 rings (SSSR count). The van der Waals surface area contributed by atoms with Crippen LogP contribution in [0.5, 0.6) is 11.5 Å². The van der Waals surface area contributed by atoms with Crippen molar-refractivity contribution in [2.45, 2.75) is 26.9 Å². The fourth-order valence-corrected chi connectivity index (χ4v) is 1.32. The van der Waals surface area contributed by atoms with Crippen molar-refractivity contribution in [3.05, 3.63) is 23.8 Å². The molecule has 1 aromatic carbocycles. The minimum Gasteiger partial charge on any atom is -0.490 e. The molecule has 0 saturated heterocycles. The van der Waals surface area contributed by atoms with Crippen molar-refractivity contribution in [2.24, 2.45) is 0 Å². The zero-order valence-corrected chi connectivity index (χ0v) is 9.32. The zero-order valence-electron chi connectivity index (χ0n) is 9.32. The minimum atomic E-state index is -0.0291. The molecular formula is C12H18O3. The number of aliphatic hydroxyl groups is 1. The van der Waals surface area contributed by atoms with Crippen LogP contribution in [-0.4, -0.2) is 18.3 Å². The van der Waals surface area contributed by atoms with Gasteiger partial charge < -0.3 is 14.6 Å². The maximum atomic E-state index is 9.16. The van der Waals surface area contributed by atoms with Gasteiger partial charge in [0, 0.05) is 5.56 Å². The summed E-state index contributed by atoms with van der Waals surface area (Å²) >= 11 is 0. The molecule has 0 aliphatic carbocycles. The summed E-state index contributed by atoms with van der Waals surface area (Å²) in [5.74, 6) is 1.38. The van der Waals surface area contributed by atoms with Crippen molar-refractivity contribution in [3.8, 4) is 11.5 Å². The van der Waals surface area contributed by atoms with Crippen LogP contribution in [0.1, 0.15) is 25.8 Å². The molecule has 0 radical (unpaired) electrons. The lowest BCUT2D eigenvalue weighted by Crippen LogP contribution is -2.02. The van der Waals surface area contributed by atoms with E-state index in [-0.39, 0.29) is 6.61 Å². The summed E-state index contributed by atoms with van der Waals surface area (Å²) in [5, 5.41) is 9.16. The lowest BCUT2D eigenvalue weighted by atomic mass is 10.2. The van der Waals surface area contributed by atoms with Crippen LogP contribution in [0.25, 0.3) is 0 Å². The molecule has 84 valence electrons. The molecule has 0 saturated carbocycles. The van der Waals surface area contributed by atoms with Crippen LogP contribution in [0, 0.1) is 0 Å². The Balaban J connectivity index is 2.90. The number of aliphatic hydroxyl groups excluding tert-OH is 1. The second-order valence-electron chi connectivity index (χ2n) is 3.18. The van der Waals surface area contributed by atoms with Gasteiger partial charge in [-0.15, -0.1) is 0 Å². The lowest BCUT2D eigenvalue weighted by Gasteiger charge is -2.14. The fraction of sp³-hybridized carbons (Fsp3) is 0.500. The normalized spacial score (nSPS) is 10.1. The molecule has 3 heteroatoms. The minimum absolute atomic E-state index is 0.0291. The predicted molar refractivity (Wildman–Crippen MR) is 59.3 cm³/mol. The van der Waals surface area contributed by atoms with Gasteiger partial charge in [-0.25, -0.2) is 0 Å². The van der Waals surface area contributed by atoms with E-state index in [4.69, 9.17) is 14.6 Å². The predicted octanol–water partition coefficient (Wildman–Crippen LogP) is 2.37. The van der Waals surface area contributed by atoms with E-state index in [9.17, 15) is 0 Å². The Bertz CT molecular complexity index is 297. The molecule has 0 heterocycles. The van der Waals surface area contributed by atoms with Crippen molar-refractivity contribution in [1.29, 1.82) is 0 Å². The Hall–Kier alpha value is -1.22. The van der Waals surface area contributed by atoms with E-state index in [1.165, 1.54) is 0 Å². The number of rotatable bonds is 6. The average Bonchev–Trinajstić information content (AvgIpc) is 2.28. The molecule has 0 bridgehead atoms. The van der Waals surface area contributed by atoms with Crippen molar-refractivity contribution in [3.63, 3.8) is 0 Å². The third-order valence-electron chi connectivity index (χ3n) is 1.98. The van der Waals surface area contributed by atoms with Crippen molar-refractivity contribution < 1.29 is 14.6 Å². The second kappa shape index (κ2) is 6.30. The van der Waals surface area contributed by atoms with Gasteiger partial charge in [0.25, 0.3) is 0 Å². The van der Waals surface area contributed by atoms with Crippen LogP contribution < -0.4 is 9.47 Å². The summed E-state index contributed by atoms with van der Waals surface area (Å²) in [6, 6.07) is 5.56. The molecule has 0 amide bonds. The molecule has 0 atom stereocenters. The maximum Gasteiger partial charge on any atom is 0.166 e. The molecular weight excluding hydrogens is 192 g/mol. The third kappa shape index (κ3) is 3.13. The van der Waals surface area contributed by atoms with Crippen LogP contribution in [0.2, 0.25) is 0 Å². The molecule has 0 aliphatic rings. The van der Waals surface area contributed by atoms with E-state index in [0.717, 1.165) is 12.0 Å². The monoisotopic (exact) mass is 210 g/mol. The van der Waals surface area contributed by atoms with Crippen molar-refractivity contribution in [1.82, 2.24) is 0 Å². The van der Waals surface area contributed by atoms with Gasteiger partial charge in [0.1, 0.15) is 0 Å². The van der Waals surface area contributed by atoms with Crippen LogP contribution in [0.4, 0.5) is 0 Å². The van der Waals surface area contributed by atoms with E-state index >= 15 is 0 Å². The van der Waals surface area contributed by atoms with E-state index in [1.807, 2.05) is 25.1 Å². The van der Waals surface area contributed by atoms with Crippen LogP contribution in [-0.2, 0) is 6.61 Å². The molecule has 0 aliphatic heterocycles. The number of benzene rings is 1. The highest BCUT2D eigenvalue weighted by Crippen LogP contribution is 2.31. The fourth-order valence-electron chi connectivity index (χ4n) is 1.32. The quantitative estimate of drug-likeness (QED) is 0.783. The Labute approximate surface area is 90.6 Å². The SMILES string of the molecule is CCCOc1cccc(CO)c1OCC. The van der Waals surface area contributed by atoms with Gasteiger partial charge in [-0.1, -0.05) is 19.1 Å². The van der Waals surface area contributed by atoms with Gasteiger partial charge in [0.05, 0.1) is 19.8 Å². The lowest BCUT2D eigenvalue weighted by molar-refractivity contribution is 0.251. The summed E-state index contributed by atoms with van der Waals surface area (Å²) in [7, 11) is 0. The van der Waals surface area contributed by atoms with Gasteiger partial charge in [-0.3, -0.25) is 0 Å². The van der Waals surface area contributed by atoms with Gasteiger partial charge in [0.15, 0.2) is 11.5 Å². The highest BCUT2D eigenvalue weighted by atomic mass is 16.5. The standard InChI is InChI=1S/C12H18O3/c1-3-8-15-11-7-5-6-10(9-13)12(11)14-4-2/h5-7,13H,3-4,8-9H2,1-2H3. The molecule has 0 unspecified atom stereocenters. The summed E-state index contributed by atoms with van der Waals surface area (Å²) in [6.45, 7) is 5.17. The largest absolute Gasteiger partial charge is 0.490 e. The van der Waals surface area contributed by atoms with E-state index in [0.29, 0.717) is 24.7 Å². The van der Waals surface area contributed by atoms with Gasteiger partial charge in [-0.05, 0) is 19.4 Å². The molecule has 1 aromatic rings. The molecule has 0 fully saturated rings. The first-order chi connectivity index (χ1) is 7.33. The maximum absolute atomic E-state index is 9.16. The Kier molecular flexibility index (Phi) is 4.98. The molecule has 3 nitrogen and oxygen atoms in total. The summed E-state index contributed by atoms with van der Waals surface area (Å²) in [5.41, 5.74) is 0.769. The first-order valence-corrected chi connectivity index (χ1v) is 5.31. The first-order valence-electron chi connectivity index (χ1n) is 5.31. The highest BCUT2D eigenvalue weighted by molar-refractivity contribution is 5.46. The molecule has 0 aromatic heterocycles. The summed E-state index contributed by atoms with van der Waals surface area (Å²) in [6.07, 6.45) is 0.953. The van der Waals surface area contributed by atoms with Gasteiger partial charge >= 0.3 is 0 Å². The van der Waals surface area contributed by atoms with E-state index in [1.54, 1.807) is 0 Å². The van der Waals surface area contributed by atoms with E-state index < -0.39 is 0 Å². The summed E-state index contributed by atoms with van der Waals surface area (Å²) < 4.78 is 11.0. The zero-order chi connectivity index (χ0) is 11.1. The Morgan fingerprint density at radius 3 is 2.60 bits per heavy atom. The number of ether oxygens (including phenoxy) is 2. The molecule has 0 spiro atoms. The van der Waals surface area contributed by atoms with Crippen LogP contribution in [0.3, 0.4) is 0 Å². The van der Waals surface area contributed by atoms with Crippen molar-refractivity contribution in [2.75, 3.05) is 13.2 Å². The average molecular weight is 210 g/mol. The van der Waals surface area contributed by atoms with Gasteiger partial charge in [0.2, 0.25) is 0 Å². The Morgan fingerprint density at radius 2 is 2.00 bits per heavy atom. The number of para-hydroxylation sites is 1. The Morgan fingerprint density at radius 1 is 1.20 bits per heavy atom. The summed E-state index contributed by atoms with van der Waals surface area (Å²) in [4.78, 5) is 0. The smallest absolute Gasteiger partial charge is 0.166 e. The van der Waals surface area contributed by atoms with Crippen LogP contribution in [0.15, 0.2) is 18.2 Å². The first kappa shape index (κ1) is 11.9. The number of hydrogen-bond acceptors (Lipinski definition) is 3. The number of hydrogen-bond donors (Lipinski definition) is 1. The second-order valence-corrected chi connectivity index (χ2v) is 3.18.